The number of halogens is 3. The molecule has 16 heteroatoms. The standard InChI is InChI=1S/C43H56F3N5O6S2/c1-5-35(17-19-49-24-26-57-27-25-49)47-39-15-14-37(28-40(39)58(53,54)43(44,45)46)59(55,56)48-41(52)33-10-12-36(13-11-33)51-22-20-50(21-23-51)30-34-29-42(3,4)18-16-38(34)32-8-6-31(2)7-9-32/h6-15,28,35,47H,5,16-27,29-30H2,1-4H3,(H,48,52)/t35-/m0/s1. The molecule has 0 spiro atoms. The summed E-state index contributed by atoms with van der Waals surface area (Å²) in [4.78, 5) is 18.0. The second kappa shape index (κ2) is 18.3. The maximum atomic E-state index is 13.9. The SMILES string of the molecule is CC[C@@H](CCN1CCOCC1)Nc1ccc(S(=O)(=O)NC(=O)c2ccc(N3CCN(CC4=C(c5ccc(C)cc5)CCC(C)(C)C4)CC3)cc2)cc1S(=O)(=O)C(F)(F)F. The van der Waals surface area contributed by atoms with Crippen molar-refractivity contribution in [1.29, 1.82) is 0 Å². The molecular weight excluding hydrogens is 804 g/mol. The molecule has 3 aliphatic rings. The molecule has 2 N–H and O–H groups in total. The molecule has 11 nitrogen and oxygen atoms in total. The molecule has 2 aliphatic heterocycles. The molecule has 2 saturated heterocycles. The first-order valence-corrected chi connectivity index (χ1v) is 23.3. The summed E-state index contributed by atoms with van der Waals surface area (Å²) in [6.07, 6.45) is 4.24. The number of nitrogens with one attached hydrogen (secondary N) is 2. The van der Waals surface area contributed by atoms with Gasteiger partial charge in [0, 0.05) is 69.7 Å². The van der Waals surface area contributed by atoms with Crippen LogP contribution in [-0.2, 0) is 24.6 Å². The van der Waals surface area contributed by atoms with Crippen LogP contribution in [0.15, 0.2) is 82.1 Å². The highest BCUT2D eigenvalue weighted by Gasteiger charge is 2.48. The van der Waals surface area contributed by atoms with E-state index < -0.39 is 47.1 Å². The van der Waals surface area contributed by atoms with Crippen LogP contribution in [0.25, 0.3) is 5.57 Å². The molecule has 0 saturated carbocycles. The number of sulfone groups is 1. The van der Waals surface area contributed by atoms with Crippen molar-refractivity contribution in [3.63, 3.8) is 0 Å². The van der Waals surface area contributed by atoms with Crippen LogP contribution in [0, 0.1) is 12.3 Å². The molecule has 6 rings (SSSR count). The summed E-state index contributed by atoms with van der Waals surface area (Å²) < 4.78 is 101. The van der Waals surface area contributed by atoms with Gasteiger partial charge in [0.25, 0.3) is 25.8 Å². The number of benzene rings is 3. The number of carbonyl (C=O) groups excluding carboxylic acids is 1. The van der Waals surface area contributed by atoms with Gasteiger partial charge >= 0.3 is 5.51 Å². The van der Waals surface area contributed by atoms with E-state index in [1.165, 1.54) is 34.4 Å². The van der Waals surface area contributed by atoms with Gasteiger partial charge in [0.1, 0.15) is 4.90 Å². The Labute approximate surface area is 346 Å². The first-order valence-electron chi connectivity index (χ1n) is 20.3. The zero-order valence-corrected chi connectivity index (χ0v) is 35.9. The Hall–Kier alpha value is -3.96. The minimum Gasteiger partial charge on any atom is -0.381 e. The Morgan fingerprint density at radius 3 is 2.17 bits per heavy atom. The number of carbonyl (C=O) groups is 1. The predicted molar refractivity (Wildman–Crippen MR) is 225 cm³/mol. The molecule has 322 valence electrons. The first-order chi connectivity index (χ1) is 27.8. The fourth-order valence-electron chi connectivity index (χ4n) is 8.06. The Kier molecular flexibility index (Phi) is 13.9. The number of ether oxygens (including phenoxy) is 1. The third-order valence-corrected chi connectivity index (χ3v) is 14.5. The van der Waals surface area contributed by atoms with E-state index in [1.807, 2.05) is 11.6 Å². The highest BCUT2D eigenvalue weighted by molar-refractivity contribution is 7.92. The van der Waals surface area contributed by atoms with Crippen molar-refractivity contribution in [1.82, 2.24) is 14.5 Å². The third kappa shape index (κ3) is 11.1. The van der Waals surface area contributed by atoms with Crippen LogP contribution in [0.5, 0.6) is 0 Å². The van der Waals surface area contributed by atoms with Crippen molar-refractivity contribution < 1.29 is 39.5 Å². The van der Waals surface area contributed by atoms with E-state index >= 15 is 0 Å². The Balaban J connectivity index is 1.10. The van der Waals surface area contributed by atoms with E-state index in [2.05, 4.69) is 65.1 Å². The van der Waals surface area contributed by atoms with Crippen LogP contribution < -0.4 is 14.9 Å². The van der Waals surface area contributed by atoms with Crippen LogP contribution in [-0.4, -0.2) is 110 Å². The number of allylic oxidation sites excluding steroid dienone is 1. The van der Waals surface area contributed by atoms with Gasteiger partial charge in [0.2, 0.25) is 0 Å². The molecule has 1 amide bonds. The van der Waals surface area contributed by atoms with Crippen LogP contribution in [0.1, 0.15) is 74.4 Å². The molecule has 2 fully saturated rings. The lowest BCUT2D eigenvalue weighted by Crippen LogP contribution is -2.47. The lowest BCUT2D eigenvalue weighted by atomic mass is 9.72. The smallest absolute Gasteiger partial charge is 0.381 e. The number of anilines is 2. The number of rotatable bonds is 14. The van der Waals surface area contributed by atoms with E-state index in [-0.39, 0.29) is 16.7 Å². The molecule has 0 aromatic heterocycles. The number of piperazine rings is 1. The number of hydrogen-bond acceptors (Lipinski definition) is 10. The summed E-state index contributed by atoms with van der Waals surface area (Å²) in [7, 11) is -10.8. The predicted octanol–water partition coefficient (Wildman–Crippen LogP) is 7.11. The zero-order chi connectivity index (χ0) is 42.6. The maximum Gasteiger partial charge on any atom is 0.501 e. The van der Waals surface area contributed by atoms with E-state index in [9.17, 15) is 34.8 Å². The van der Waals surface area contributed by atoms with Crippen molar-refractivity contribution in [2.45, 2.75) is 81.1 Å². The quantitative estimate of drug-likeness (QED) is 0.173. The van der Waals surface area contributed by atoms with E-state index in [0.717, 1.165) is 69.8 Å². The highest BCUT2D eigenvalue weighted by atomic mass is 32.2. The van der Waals surface area contributed by atoms with Crippen molar-refractivity contribution in [3.8, 4) is 0 Å². The van der Waals surface area contributed by atoms with E-state index in [4.69, 9.17) is 4.74 Å². The molecule has 2 heterocycles. The molecule has 1 atom stereocenters. The number of sulfonamides is 1. The number of aryl methyl sites for hydroxylation is 1. The van der Waals surface area contributed by atoms with Crippen LogP contribution >= 0.6 is 0 Å². The lowest BCUT2D eigenvalue weighted by Gasteiger charge is -2.39. The average Bonchev–Trinajstić information content (AvgIpc) is 3.20. The van der Waals surface area contributed by atoms with Gasteiger partial charge in [-0.05, 0) is 98.0 Å². The van der Waals surface area contributed by atoms with Crippen molar-refractivity contribution in [3.05, 3.63) is 89.0 Å². The number of nitrogens with zero attached hydrogens (tertiary/aromatic N) is 3. The van der Waals surface area contributed by atoms with Crippen LogP contribution in [0.4, 0.5) is 24.5 Å². The summed E-state index contributed by atoms with van der Waals surface area (Å²) in [5.41, 5.74) is 0.550. The van der Waals surface area contributed by atoms with Crippen molar-refractivity contribution >= 4 is 42.7 Å². The molecular formula is C43H56F3N5O6S2. The molecule has 3 aromatic rings. The summed E-state index contributed by atoms with van der Waals surface area (Å²) in [6.45, 7) is 15.9. The third-order valence-electron chi connectivity index (χ3n) is 11.7. The number of amides is 1. The second-order valence-electron chi connectivity index (χ2n) is 16.6. The minimum absolute atomic E-state index is 0.0129. The van der Waals surface area contributed by atoms with Gasteiger partial charge in [-0.15, -0.1) is 0 Å². The Morgan fingerprint density at radius 1 is 0.881 bits per heavy atom. The van der Waals surface area contributed by atoms with Gasteiger partial charge < -0.3 is 15.0 Å². The minimum atomic E-state index is -5.98. The lowest BCUT2D eigenvalue weighted by molar-refractivity contribution is -0.0435. The summed E-state index contributed by atoms with van der Waals surface area (Å²) in [5.74, 6) is -1.01. The fraction of sp³-hybridized carbons (Fsp3) is 0.512. The molecule has 0 unspecified atom stereocenters. The maximum absolute atomic E-state index is 13.9. The van der Waals surface area contributed by atoms with Gasteiger partial charge in [-0.2, -0.15) is 13.2 Å². The second-order valence-corrected chi connectivity index (χ2v) is 20.2. The van der Waals surface area contributed by atoms with Crippen LogP contribution in [0.2, 0.25) is 0 Å². The van der Waals surface area contributed by atoms with Gasteiger partial charge in [0.05, 0.1) is 23.8 Å². The zero-order valence-electron chi connectivity index (χ0n) is 34.3. The van der Waals surface area contributed by atoms with Gasteiger partial charge in [-0.1, -0.05) is 56.2 Å². The van der Waals surface area contributed by atoms with Gasteiger partial charge in [-0.25, -0.2) is 21.6 Å². The number of morpholine rings is 1. The number of alkyl halides is 3. The molecule has 59 heavy (non-hydrogen) atoms. The molecule has 0 bridgehead atoms. The van der Waals surface area contributed by atoms with Crippen molar-refractivity contribution in [2.24, 2.45) is 5.41 Å². The van der Waals surface area contributed by atoms with Gasteiger partial charge in [-0.3, -0.25) is 14.6 Å². The Bertz CT molecular complexity index is 2200. The summed E-state index contributed by atoms with van der Waals surface area (Å²) >= 11 is 0. The van der Waals surface area contributed by atoms with Gasteiger partial charge in [0.15, 0.2) is 0 Å². The normalized spacial score (nSPS) is 19.1. The van der Waals surface area contributed by atoms with Crippen LogP contribution in [0.3, 0.4) is 0 Å². The fourth-order valence-corrected chi connectivity index (χ4v) is 10.1. The molecule has 0 radical (unpaired) electrons. The first kappa shape index (κ1) is 44.6. The van der Waals surface area contributed by atoms with Crippen molar-refractivity contribution in [2.75, 3.05) is 75.8 Å². The summed E-state index contributed by atoms with van der Waals surface area (Å²) in [5, 5.41) is 2.90. The largest absolute Gasteiger partial charge is 0.501 e. The molecule has 1 aliphatic carbocycles. The topological polar surface area (TPSA) is 128 Å². The monoisotopic (exact) mass is 859 g/mol. The summed E-state index contributed by atoms with van der Waals surface area (Å²) in [6, 6.07) is 17.3. The average molecular weight is 860 g/mol. The van der Waals surface area contributed by atoms with E-state index in [1.54, 1.807) is 12.1 Å². The van der Waals surface area contributed by atoms with E-state index in [0.29, 0.717) is 51.8 Å². The number of hydrogen-bond donors (Lipinski definition) is 2. The Morgan fingerprint density at radius 2 is 1.54 bits per heavy atom. The highest BCUT2D eigenvalue weighted by Crippen LogP contribution is 2.43. The molecule has 3 aromatic carbocycles.